The molecule has 0 fully saturated rings. The maximum Gasteiger partial charge on any atom is 0.251 e. The molecule has 184 valence electrons. The van der Waals surface area contributed by atoms with Gasteiger partial charge in [0.05, 0.1) is 24.4 Å². The number of amides is 3. The third-order valence-corrected chi connectivity index (χ3v) is 6.03. The van der Waals surface area contributed by atoms with Gasteiger partial charge in [-0.2, -0.15) is 0 Å². The molecule has 4 rings (SSSR count). The molecule has 3 aromatic carbocycles. The number of hydrogen-bond donors (Lipinski definition) is 2. The second-order valence-corrected chi connectivity index (χ2v) is 8.78. The summed E-state index contributed by atoms with van der Waals surface area (Å²) in [6.07, 6.45) is 2.63. The summed E-state index contributed by atoms with van der Waals surface area (Å²) in [5.41, 5.74) is 2.12. The Bertz CT molecular complexity index is 1320. The summed E-state index contributed by atoms with van der Waals surface area (Å²) in [5, 5.41) is 6.42. The highest BCUT2D eigenvalue weighted by Crippen LogP contribution is 2.33. The number of hydrogen-bond acceptors (Lipinski definition) is 4. The fourth-order valence-electron chi connectivity index (χ4n) is 3.81. The van der Waals surface area contributed by atoms with Crippen LogP contribution >= 0.6 is 23.2 Å². The van der Waals surface area contributed by atoms with E-state index in [9.17, 15) is 14.4 Å². The first-order chi connectivity index (χ1) is 17.4. The molecule has 0 spiro atoms. The van der Waals surface area contributed by atoms with Gasteiger partial charge in [-0.05, 0) is 67.1 Å². The van der Waals surface area contributed by atoms with Crippen LogP contribution in [0.1, 0.15) is 18.9 Å². The number of nitrogens with zero attached hydrogens (tertiary/aromatic N) is 1. The van der Waals surface area contributed by atoms with E-state index in [1.54, 1.807) is 72.8 Å². The molecule has 0 saturated heterocycles. The van der Waals surface area contributed by atoms with Crippen molar-refractivity contribution in [3.63, 3.8) is 0 Å². The minimum Gasteiger partial charge on any atom is -0.494 e. The van der Waals surface area contributed by atoms with Crippen LogP contribution in [0.2, 0.25) is 10.0 Å². The Hall–Kier alpha value is -3.81. The number of benzene rings is 3. The number of carbonyl (C=O) groups excluding carboxylic acids is 3. The minimum atomic E-state index is -1.06. The number of fused-ring (bicyclic) bond motifs is 1. The molecule has 7 nitrogen and oxygen atoms in total. The summed E-state index contributed by atoms with van der Waals surface area (Å²) in [7, 11) is 0. The van der Waals surface area contributed by atoms with Gasteiger partial charge < -0.3 is 15.4 Å². The normalized spacial score (nSPS) is 14.8. The molecule has 0 saturated carbocycles. The lowest BCUT2D eigenvalue weighted by Crippen LogP contribution is -2.52. The van der Waals surface area contributed by atoms with Gasteiger partial charge in [-0.25, -0.2) is 0 Å². The van der Waals surface area contributed by atoms with Gasteiger partial charge in [0, 0.05) is 21.8 Å². The molecule has 0 bridgehead atoms. The second-order valence-electron chi connectivity index (χ2n) is 7.94. The number of rotatable bonds is 7. The van der Waals surface area contributed by atoms with Crippen LogP contribution in [0, 0.1) is 0 Å². The molecule has 0 aliphatic carbocycles. The predicted octanol–water partition coefficient (Wildman–Crippen LogP) is 5.79. The molecule has 0 radical (unpaired) electrons. The van der Waals surface area contributed by atoms with Gasteiger partial charge in [0.15, 0.2) is 0 Å². The van der Waals surface area contributed by atoms with Crippen LogP contribution in [0.25, 0.3) is 6.08 Å². The van der Waals surface area contributed by atoms with E-state index in [4.69, 9.17) is 27.9 Å². The van der Waals surface area contributed by atoms with Crippen LogP contribution in [0.15, 0.2) is 72.8 Å². The summed E-state index contributed by atoms with van der Waals surface area (Å²) in [5.74, 6) is -0.659. The fourth-order valence-corrected chi connectivity index (χ4v) is 4.29. The predicted molar refractivity (Wildman–Crippen MR) is 143 cm³/mol. The lowest BCUT2D eigenvalue weighted by Gasteiger charge is -2.35. The summed E-state index contributed by atoms with van der Waals surface area (Å²) in [6.45, 7) is 2.42. The van der Waals surface area contributed by atoms with E-state index in [0.717, 1.165) is 0 Å². The van der Waals surface area contributed by atoms with Crippen LogP contribution in [-0.2, 0) is 14.4 Å². The van der Waals surface area contributed by atoms with E-state index in [-0.39, 0.29) is 6.42 Å². The van der Waals surface area contributed by atoms with Crippen molar-refractivity contribution in [2.24, 2.45) is 0 Å². The maximum absolute atomic E-state index is 13.4. The summed E-state index contributed by atoms with van der Waals surface area (Å²) < 4.78 is 5.41. The molecule has 1 aliphatic heterocycles. The first kappa shape index (κ1) is 25.3. The lowest BCUT2D eigenvalue weighted by atomic mass is 10.0. The smallest absolute Gasteiger partial charge is 0.251 e. The molecular weight excluding hydrogens is 501 g/mol. The van der Waals surface area contributed by atoms with Crippen LogP contribution in [-0.4, -0.2) is 30.4 Å². The van der Waals surface area contributed by atoms with Crippen molar-refractivity contribution in [2.75, 3.05) is 22.1 Å². The number of anilines is 3. The molecule has 1 heterocycles. The monoisotopic (exact) mass is 523 g/mol. The van der Waals surface area contributed by atoms with Gasteiger partial charge in [0.1, 0.15) is 11.8 Å². The van der Waals surface area contributed by atoms with Gasteiger partial charge in [-0.1, -0.05) is 41.4 Å². The molecule has 3 amide bonds. The lowest BCUT2D eigenvalue weighted by molar-refractivity contribution is -0.124. The summed E-state index contributed by atoms with van der Waals surface area (Å²) in [6, 6.07) is 17.7. The minimum absolute atomic E-state index is 0.241. The average molecular weight is 524 g/mol. The van der Waals surface area contributed by atoms with Gasteiger partial charge in [0.2, 0.25) is 11.8 Å². The van der Waals surface area contributed by atoms with Crippen molar-refractivity contribution >= 4 is 64.1 Å². The molecule has 1 aliphatic rings. The highest BCUT2D eigenvalue weighted by Gasteiger charge is 2.37. The highest BCUT2D eigenvalue weighted by molar-refractivity contribution is 6.35. The zero-order valence-electron chi connectivity index (χ0n) is 19.3. The molecule has 2 N–H and O–H groups in total. The topological polar surface area (TPSA) is 87.7 Å². The summed E-state index contributed by atoms with van der Waals surface area (Å²) in [4.78, 5) is 40.5. The van der Waals surface area contributed by atoms with Crippen LogP contribution in [0.4, 0.5) is 17.1 Å². The molecule has 1 atom stereocenters. The average Bonchev–Trinajstić information content (AvgIpc) is 2.85. The SMILES string of the molecule is CCOc1ccc(NC(=O)CC2C(=O)Nc3ccccc3N2C(=O)C=Cc2ccc(Cl)cc2Cl)cc1. The number of halogens is 2. The molecule has 0 aromatic heterocycles. The first-order valence-corrected chi connectivity index (χ1v) is 12.0. The first-order valence-electron chi connectivity index (χ1n) is 11.2. The van der Waals surface area contributed by atoms with E-state index in [2.05, 4.69) is 10.6 Å². The van der Waals surface area contributed by atoms with Crippen molar-refractivity contribution in [3.8, 4) is 5.75 Å². The maximum atomic E-state index is 13.4. The molecular formula is C27H23Cl2N3O4. The summed E-state index contributed by atoms with van der Waals surface area (Å²) >= 11 is 12.2. The Labute approximate surface area is 218 Å². The number of para-hydroxylation sites is 2. The third-order valence-electron chi connectivity index (χ3n) is 5.47. The second kappa shape index (κ2) is 11.3. The Morgan fingerprint density at radius 3 is 2.56 bits per heavy atom. The Morgan fingerprint density at radius 2 is 1.83 bits per heavy atom. The zero-order valence-corrected chi connectivity index (χ0v) is 20.8. The van der Waals surface area contributed by atoms with E-state index in [1.165, 1.54) is 11.0 Å². The van der Waals surface area contributed by atoms with Crippen molar-refractivity contribution < 1.29 is 19.1 Å². The van der Waals surface area contributed by atoms with Crippen LogP contribution in [0.5, 0.6) is 5.75 Å². The van der Waals surface area contributed by atoms with Crippen LogP contribution in [0.3, 0.4) is 0 Å². The Balaban J connectivity index is 1.56. The molecule has 1 unspecified atom stereocenters. The number of nitrogens with one attached hydrogen (secondary N) is 2. The Kier molecular flexibility index (Phi) is 7.93. The van der Waals surface area contributed by atoms with E-state index < -0.39 is 23.8 Å². The van der Waals surface area contributed by atoms with E-state index >= 15 is 0 Å². The van der Waals surface area contributed by atoms with Crippen LogP contribution < -0.4 is 20.3 Å². The van der Waals surface area contributed by atoms with E-state index in [1.807, 2.05) is 6.92 Å². The molecule has 3 aromatic rings. The molecule has 36 heavy (non-hydrogen) atoms. The van der Waals surface area contributed by atoms with Crippen molar-refractivity contribution in [2.45, 2.75) is 19.4 Å². The van der Waals surface area contributed by atoms with Crippen molar-refractivity contribution in [3.05, 3.63) is 88.4 Å². The zero-order chi connectivity index (χ0) is 25.7. The van der Waals surface area contributed by atoms with Crippen molar-refractivity contribution in [1.29, 1.82) is 0 Å². The molecule has 9 heteroatoms. The van der Waals surface area contributed by atoms with Gasteiger partial charge in [-0.15, -0.1) is 0 Å². The highest BCUT2D eigenvalue weighted by atomic mass is 35.5. The standard InChI is InChI=1S/C27H23Cl2N3O4/c1-2-36-20-12-10-19(11-13-20)30-25(33)16-24-27(35)31-22-5-3-4-6-23(22)32(24)26(34)14-8-17-7-9-18(28)15-21(17)29/h3-15,24H,2,16H2,1H3,(H,30,33)(H,31,35). The van der Waals surface area contributed by atoms with Gasteiger partial charge in [-0.3, -0.25) is 19.3 Å². The van der Waals surface area contributed by atoms with Gasteiger partial charge in [0.25, 0.3) is 5.91 Å². The van der Waals surface area contributed by atoms with Gasteiger partial charge >= 0.3 is 0 Å². The fraction of sp³-hybridized carbons (Fsp3) is 0.148. The number of carbonyl (C=O) groups is 3. The quantitative estimate of drug-likeness (QED) is 0.383. The largest absolute Gasteiger partial charge is 0.494 e. The third kappa shape index (κ3) is 5.87. The number of ether oxygens (including phenoxy) is 1. The van der Waals surface area contributed by atoms with Crippen molar-refractivity contribution in [1.82, 2.24) is 0 Å². The van der Waals surface area contributed by atoms with E-state index in [0.29, 0.717) is 45.0 Å². The Morgan fingerprint density at radius 1 is 1.08 bits per heavy atom.